The molecule has 0 aliphatic rings. The third-order valence-electron chi connectivity index (χ3n) is 16.6. The average Bonchev–Trinajstić information content (AvgIpc) is 3.49. The Hall–Kier alpha value is -2.06. The van der Waals surface area contributed by atoms with Gasteiger partial charge in [0.25, 0.3) is 0 Å². The summed E-state index contributed by atoms with van der Waals surface area (Å²) in [4.78, 5) is 23.4. The molecule has 0 saturated heterocycles. The molecule has 0 heterocycles. The summed E-state index contributed by atoms with van der Waals surface area (Å²) in [5.41, 5.74) is 0. The van der Waals surface area contributed by atoms with Crippen molar-refractivity contribution in [2.45, 2.75) is 366 Å². The molecule has 85 heavy (non-hydrogen) atoms. The fraction of sp³-hybridized carbons (Fsp3) is 0.829. The van der Waals surface area contributed by atoms with Crippen molar-refractivity contribution in [2.24, 2.45) is 0 Å². The number of amides is 1. The van der Waals surface area contributed by atoms with Crippen molar-refractivity contribution in [3.05, 3.63) is 72.9 Å². The number of nitrogens with one attached hydrogen (secondary N) is 1. The van der Waals surface area contributed by atoms with Crippen LogP contribution in [0.5, 0.6) is 0 Å². The van der Waals surface area contributed by atoms with Crippen molar-refractivity contribution in [1.82, 2.24) is 5.32 Å². The molecule has 3 atom stereocenters. The van der Waals surface area contributed by atoms with Gasteiger partial charge in [-0.15, -0.1) is 0 Å². The second-order valence-electron chi connectivity index (χ2n) is 26.3. The molecule has 3 N–H and O–H groups in total. The number of nitrogens with zero attached hydrogens (tertiary/aromatic N) is 1. The normalized spacial score (nSPS) is 14.0. The van der Waals surface area contributed by atoms with E-state index in [1.807, 2.05) is 27.2 Å². The van der Waals surface area contributed by atoms with Crippen LogP contribution in [-0.4, -0.2) is 73.4 Å². The summed E-state index contributed by atoms with van der Waals surface area (Å²) < 4.78 is 23.8. The Labute approximate surface area is 529 Å². The Morgan fingerprint density at radius 3 is 1.02 bits per heavy atom. The van der Waals surface area contributed by atoms with Crippen molar-refractivity contribution in [3.63, 3.8) is 0 Å². The van der Waals surface area contributed by atoms with E-state index in [1.165, 1.54) is 276 Å². The molecular formula is C76H144N2O6P+. The molecule has 0 aromatic carbocycles. The molecule has 0 aliphatic carbocycles. The van der Waals surface area contributed by atoms with Crippen LogP contribution < -0.4 is 5.32 Å². The highest BCUT2D eigenvalue weighted by Crippen LogP contribution is 2.43. The van der Waals surface area contributed by atoms with Gasteiger partial charge in [0, 0.05) is 6.42 Å². The summed E-state index contributed by atoms with van der Waals surface area (Å²) >= 11 is 0. The minimum absolute atomic E-state index is 0.0532. The number of aliphatic hydroxyl groups excluding tert-OH is 1. The number of hydrogen-bond donors (Lipinski definition) is 3. The summed E-state index contributed by atoms with van der Waals surface area (Å²) in [5, 5.41) is 14.0. The van der Waals surface area contributed by atoms with E-state index < -0.39 is 20.0 Å². The first-order valence-electron chi connectivity index (χ1n) is 36.8. The lowest BCUT2D eigenvalue weighted by atomic mass is 10.0. The van der Waals surface area contributed by atoms with Crippen molar-refractivity contribution >= 4 is 13.7 Å². The zero-order valence-electron chi connectivity index (χ0n) is 57.1. The monoisotopic (exact) mass is 1210 g/mol. The van der Waals surface area contributed by atoms with Gasteiger partial charge in [-0.05, 0) is 83.5 Å². The van der Waals surface area contributed by atoms with Crippen molar-refractivity contribution in [1.29, 1.82) is 0 Å². The topological polar surface area (TPSA) is 105 Å². The number of likely N-dealkylation sites (N-methyl/N-ethyl adjacent to an activating group) is 1. The largest absolute Gasteiger partial charge is 0.472 e. The van der Waals surface area contributed by atoms with Crippen LogP contribution in [0.25, 0.3) is 0 Å². The lowest BCUT2D eigenvalue weighted by Gasteiger charge is -2.25. The highest BCUT2D eigenvalue weighted by Gasteiger charge is 2.28. The molecule has 0 rings (SSSR count). The second kappa shape index (κ2) is 66.4. The number of quaternary nitrogens is 1. The SMILES string of the molecule is CCCCCCC/C=C\C/C=C\C/C=C\CCCCCCCCCCCCCCCCCCCCCCCCC(=O)NC(COP(=O)(O)OCC[N+](C)(C)C)C(O)/C=C/CC/C=C/CC/C=C/CCCCCCCCCCCCCCCCCC. The molecule has 0 aliphatic heterocycles. The molecule has 0 fully saturated rings. The molecule has 8 nitrogen and oxygen atoms in total. The second-order valence-corrected chi connectivity index (χ2v) is 27.8. The molecule has 0 bridgehead atoms. The molecular weight excluding hydrogens is 1070 g/mol. The standard InChI is InChI=1S/C76H143N2O6P/c1-6-8-10-12-14-16-18-20-22-24-26-28-30-32-34-35-36-37-38-39-40-41-42-43-44-46-48-50-52-54-56-58-60-62-64-66-68-70-76(80)77-74(73-84-85(81,82)83-72-71-78(3,4)5)75(79)69-67-65-63-61-59-57-55-53-51-49-47-45-33-31-29-27-25-23-21-19-17-15-13-11-9-7-2/h18,20,24,26,30,32,51,53,59,61,67,69,74-75,79H,6-17,19,21-23,25,27-29,31,33-50,52,54-58,60,62-66,68,70-73H2,1-5H3,(H-,77,80,81,82)/p+1/b20-18-,26-24-,32-30-,53-51+,61-59+,69-67+. The van der Waals surface area contributed by atoms with Gasteiger partial charge in [0.1, 0.15) is 13.2 Å². The quantitative estimate of drug-likeness (QED) is 0.0243. The highest BCUT2D eigenvalue weighted by atomic mass is 31.2. The van der Waals surface area contributed by atoms with E-state index >= 15 is 0 Å². The fourth-order valence-corrected chi connectivity index (χ4v) is 11.6. The maximum Gasteiger partial charge on any atom is 0.472 e. The molecule has 9 heteroatoms. The van der Waals surface area contributed by atoms with Crippen LogP contribution in [0.1, 0.15) is 354 Å². The number of carbonyl (C=O) groups excluding carboxylic acids is 1. The molecule has 0 radical (unpaired) electrons. The number of phosphoric acid groups is 1. The fourth-order valence-electron chi connectivity index (χ4n) is 10.9. The van der Waals surface area contributed by atoms with E-state index in [-0.39, 0.29) is 19.1 Å². The van der Waals surface area contributed by atoms with Crippen molar-refractivity contribution in [2.75, 3.05) is 40.9 Å². The van der Waals surface area contributed by atoms with Crippen LogP contribution in [0.2, 0.25) is 0 Å². The molecule has 0 saturated carbocycles. The number of hydrogen-bond acceptors (Lipinski definition) is 5. The first-order chi connectivity index (χ1) is 41.5. The molecule has 0 aromatic rings. The number of carbonyl (C=O) groups is 1. The van der Waals surface area contributed by atoms with E-state index in [4.69, 9.17) is 9.05 Å². The lowest BCUT2D eigenvalue weighted by Crippen LogP contribution is -2.45. The first-order valence-corrected chi connectivity index (χ1v) is 38.3. The van der Waals surface area contributed by atoms with Gasteiger partial charge in [-0.25, -0.2) is 4.57 Å². The third kappa shape index (κ3) is 69.3. The summed E-state index contributed by atoms with van der Waals surface area (Å²) in [5.74, 6) is -0.186. The Morgan fingerprint density at radius 1 is 0.400 bits per heavy atom. The number of aliphatic hydroxyl groups is 1. The minimum Gasteiger partial charge on any atom is -0.387 e. The summed E-state index contributed by atoms with van der Waals surface area (Å²) in [6, 6.07) is -0.873. The van der Waals surface area contributed by atoms with Gasteiger partial charge in [0.05, 0.1) is 39.9 Å². The Morgan fingerprint density at radius 2 is 0.682 bits per heavy atom. The predicted molar refractivity (Wildman–Crippen MR) is 373 cm³/mol. The zero-order valence-corrected chi connectivity index (χ0v) is 58.0. The highest BCUT2D eigenvalue weighted by molar-refractivity contribution is 7.47. The van der Waals surface area contributed by atoms with E-state index in [0.29, 0.717) is 17.4 Å². The van der Waals surface area contributed by atoms with Crippen molar-refractivity contribution < 1.29 is 32.9 Å². The first kappa shape index (κ1) is 82.9. The summed E-state index contributed by atoms with van der Waals surface area (Å²) in [6.07, 6.45) is 93.6. The molecule has 3 unspecified atom stereocenters. The maximum absolute atomic E-state index is 13.1. The van der Waals surface area contributed by atoms with Gasteiger partial charge in [-0.2, -0.15) is 0 Å². The number of rotatable bonds is 68. The van der Waals surface area contributed by atoms with Gasteiger partial charge in [0.15, 0.2) is 0 Å². The van der Waals surface area contributed by atoms with Crippen LogP contribution >= 0.6 is 7.82 Å². The van der Waals surface area contributed by atoms with Gasteiger partial charge < -0.3 is 19.8 Å². The summed E-state index contributed by atoms with van der Waals surface area (Å²) in [6.45, 7) is 4.82. The van der Waals surface area contributed by atoms with E-state index in [0.717, 1.165) is 57.8 Å². The van der Waals surface area contributed by atoms with Crippen LogP contribution in [-0.2, 0) is 18.4 Å². The van der Waals surface area contributed by atoms with Crippen LogP contribution in [0.15, 0.2) is 72.9 Å². The van der Waals surface area contributed by atoms with Gasteiger partial charge >= 0.3 is 7.82 Å². The van der Waals surface area contributed by atoms with Gasteiger partial charge in [-0.3, -0.25) is 13.8 Å². The average molecular weight is 1210 g/mol. The Bertz CT molecular complexity index is 1620. The molecule has 0 spiro atoms. The van der Waals surface area contributed by atoms with Crippen molar-refractivity contribution in [3.8, 4) is 0 Å². The summed E-state index contributed by atoms with van der Waals surface area (Å²) in [7, 11) is 1.56. The zero-order chi connectivity index (χ0) is 61.9. The third-order valence-corrected chi connectivity index (χ3v) is 17.6. The Kier molecular flexibility index (Phi) is 64.8. The maximum atomic E-state index is 13.1. The number of allylic oxidation sites excluding steroid dienone is 11. The van der Waals surface area contributed by atoms with Gasteiger partial charge in [-0.1, -0.05) is 337 Å². The number of unbranched alkanes of at least 4 members (excludes halogenated alkanes) is 45. The predicted octanol–water partition coefficient (Wildman–Crippen LogP) is 23.7. The molecule has 1 amide bonds. The Balaban J connectivity index is 4.04. The van der Waals surface area contributed by atoms with Crippen LogP contribution in [0.4, 0.5) is 0 Å². The van der Waals surface area contributed by atoms with E-state index in [2.05, 4.69) is 79.9 Å². The van der Waals surface area contributed by atoms with E-state index in [9.17, 15) is 19.4 Å². The molecule has 0 aromatic heterocycles. The minimum atomic E-state index is -4.37. The smallest absolute Gasteiger partial charge is 0.387 e. The molecule has 498 valence electrons. The van der Waals surface area contributed by atoms with Crippen LogP contribution in [0, 0.1) is 0 Å². The number of phosphoric ester groups is 1. The van der Waals surface area contributed by atoms with Gasteiger partial charge in [0.2, 0.25) is 5.91 Å². The lowest BCUT2D eigenvalue weighted by molar-refractivity contribution is -0.870. The van der Waals surface area contributed by atoms with E-state index in [1.54, 1.807) is 6.08 Å². The van der Waals surface area contributed by atoms with Crippen LogP contribution in [0.3, 0.4) is 0 Å².